The van der Waals surface area contributed by atoms with Crippen LogP contribution in [0.5, 0.6) is 0 Å². The SMILES string of the molecule is CCOC(=O)c1ccc(-c2ccc(/C=N\NC(=O)CN(c3cccc(C)c3C)S(C)(=O)=O)o2)cc1. The Morgan fingerprint density at radius 2 is 1.80 bits per heavy atom. The van der Waals surface area contributed by atoms with Crippen molar-refractivity contribution in [2.24, 2.45) is 5.10 Å². The summed E-state index contributed by atoms with van der Waals surface area (Å²) in [4.78, 5) is 24.2. The van der Waals surface area contributed by atoms with E-state index < -0.39 is 28.4 Å². The summed E-state index contributed by atoms with van der Waals surface area (Å²) in [5.41, 5.74) is 5.65. The number of benzene rings is 2. The second-order valence-electron chi connectivity index (χ2n) is 7.78. The molecule has 0 spiro atoms. The Morgan fingerprint density at radius 1 is 1.09 bits per heavy atom. The first-order chi connectivity index (χ1) is 16.6. The van der Waals surface area contributed by atoms with Crippen LogP contribution in [0, 0.1) is 13.8 Å². The van der Waals surface area contributed by atoms with Crippen LogP contribution in [0.1, 0.15) is 34.2 Å². The molecule has 3 rings (SSSR count). The van der Waals surface area contributed by atoms with Crippen molar-refractivity contribution in [2.75, 3.05) is 23.7 Å². The van der Waals surface area contributed by atoms with Crippen LogP contribution in [0.2, 0.25) is 0 Å². The van der Waals surface area contributed by atoms with Gasteiger partial charge in [-0.15, -0.1) is 0 Å². The molecule has 1 amide bonds. The van der Waals surface area contributed by atoms with Crippen molar-refractivity contribution < 1.29 is 27.2 Å². The molecule has 1 aromatic heterocycles. The highest BCUT2D eigenvalue weighted by atomic mass is 32.2. The van der Waals surface area contributed by atoms with E-state index >= 15 is 0 Å². The van der Waals surface area contributed by atoms with E-state index in [1.165, 1.54) is 6.21 Å². The molecule has 0 saturated heterocycles. The van der Waals surface area contributed by atoms with E-state index in [2.05, 4.69) is 10.5 Å². The first kappa shape index (κ1) is 25.7. The number of carbonyl (C=O) groups excluding carboxylic acids is 2. The zero-order valence-corrected chi connectivity index (χ0v) is 20.8. The Morgan fingerprint density at radius 3 is 2.46 bits per heavy atom. The topological polar surface area (TPSA) is 118 Å². The number of rotatable bonds is 9. The highest BCUT2D eigenvalue weighted by Crippen LogP contribution is 2.25. The Labute approximate surface area is 204 Å². The molecule has 0 saturated carbocycles. The number of aryl methyl sites for hydroxylation is 1. The van der Waals surface area contributed by atoms with Gasteiger partial charge in [-0.25, -0.2) is 18.6 Å². The summed E-state index contributed by atoms with van der Waals surface area (Å²) in [6.07, 6.45) is 2.37. The van der Waals surface area contributed by atoms with Gasteiger partial charge >= 0.3 is 5.97 Å². The molecule has 2 aromatic carbocycles. The van der Waals surface area contributed by atoms with Gasteiger partial charge in [0.2, 0.25) is 10.0 Å². The van der Waals surface area contributed by atoms with Crippen molar-refractivity contribution >= 4 is 33.8 Å². The Kier molecular flexibility index (Phi) is 8.08. The van der Waals surface area contributed by atoms with Crippen molar-refractivity contribution in [3.63, 3.8) is 0 Å². The van der Waals surface area contributed by atoms with Gasteiger partial charge in [0.15, 0.2) is 0 Å². The number of amides is 1. The minimum atomic E-state index is -3.70. The normalized spacial score (nSPS) is 11.4. The molecule has 0 aliphatic heterocycles. The van der Waals surface area contributed by atoms with Gasteiger partial charge in [0.1, 0.15) is 18.1 Å². The molecule has 0 aliphatic rings. The monoisotopic (exact) mass is 497 g/mol. The zero-order valence-electron chi connectivity index (χ0n) is 19.9. The van der Waals surface area contributed by atoms with E-state index in [1.54, 1.807) is 62.4 Å². The highest BCUT2D eigenvalue weighted by Gasteiger charge is 2.22. The molecule has 0 bridgehead atoms. The number of carbonyl (C=O) groups is 2. The van der Waals surface area contributed by atoms with Gasteiger partial charge in [-0.1, -0.05) is 24.3 Å². The van der Waals surface area contributed by atoms with Crippen LogP contribution in [0.3, 0.4) is 0 Å². The van der Waals surface area contributed by atoms with Crippen LogP contribution >= 0.6 is 0 Å². The largest absolute Gasteiger partial charge is 0.462 e. The molecule has 0 aliphatic carbocycles. The smallest absolute Gasteiger partial charge is 0.338 e. The molecule has 0 radical (unpaired) electrons. The molecule has 0 unspecified atom stereocenters. The lowest BCUT2D eigenvalue weighted by molar-refractivity contribution is -0.119. The van der Waals surface area contributed by atoms with E-state index in [1.807, 2.05) is 13.0 Å². The maximum atomic E-state index is 12.4. The number of hydrogen-bond acceptors (Lipinski definition) is 7. The number of sulfonamides is 1. The Bertz CT molecular complexity index is 1340. The van der Waals surface area contributed by atoms with Gasteiger partial charge in [0.25, 0.3) is 5.91 Å². The first-order valence-electron chi connectivity index (χ1n) is 10.8. The van der Waals surface area contributed by atoms with Gasteiger partial charge in [-0.3, -0.25) is 9.10 Å². The second kappa shape index (κ2) is 11.0. The average molecular weight is 498 g/mol. The van der Waals surface area contributed by atoms with E-state index in [0.29, 0.717) is 29.4 Å². The van der Waals surface area contributed by atoms with E-state index in [0.717, 1.165) is 27.3 Å². The lowest BCUT2D eigenvalue weighted by Crippen LogP contribution is -2.39. The maximum Gasteiger partial charge on any atom is 0.338 e. The third-order valence-electron chi connectivity index (χ3n) is 5.22. The summed E-state index contributed by atoms with van der Waals surface area (Å²) < 4.78 is 36.4. The lowest BCUT2D eigenvalue weighted by Gasteiger charge is -2.23. The number of hydrazone groups is 1. The average Bonchev–Trinajstić information content (AvgIpc) is 3.28. The summed E-state index contributed by atoms with van der Waals surface area (Å²) in [5, 5.41) is 3.87. The fraction of sp³-hybridized carbons (Fsp3) is 0.240. The van der Waals surface area contributed by atoms with E-state index in [9.17, 15) is 18.0 Å². The summed E-state index contributed by atoms with van der Waals surface area (Å²) in [6, 6.07) is 15.4. The van der Waals surface area contributed by atoms with Gasteiger partial charge in [-0.05, 0) is 62.2 Å². The molecule has 1 heterocycles. The lowest BCUT2D eigenvalue weighted by atomic mass is 10.1. The number of hydrogen-bond donors (Lipinski definition) is 1. The van der Waals surface area contributed by atoms with Crippen LogP contribution in [0.15, 0.2) is 64.1 Å². The number of ether oxygens (including phenoxy) is 1. The van der Waals surface area contributed by atoms with Gasteiger partial charge in [-0.2, -0.15) is 5.10 Å². The summed E-state index contributed by atoms with van der Waals surface area (Å²) in [5.74, 6) is -0.0707. The molecule has 10 heteroatoms. The Hall–Kier alpha value is -3.92. The number of anilines is 1. The quantitative estimate of drug-likeness (QED) is 0.274. The van der Waals surface area contributed by atoms with Crippen molar-refractivity contribution in [3.8, 4) is 11.3 Å². The molecule has 0 fully saturated rings. The number of nitrogens with zero attached hydrogens (tertiary/aromatic N) is 2. The molecule has 1 N–H and O–H groups in total. The standard InChI is InChI=1S/C25H27N3O6S/c1-5-33-25(30)20-11-9-19(10-12-20)23-14-13-21(34-23)15-26-27-24(29)16-28(35(4,31)32)22-8-6-7-17(2)18(22)3/h6-15H,5,16H2,1-4H3,(H,27,29)/b26-15-. The maximum absolute atomic E-state index is 12.4. The van der Waals surface area contributed by atoms with Crippen LogP contribution in [0.4, 0.5) is 5.69 Å². The predicted molar refractivity (Wildman–Crippen MR) is 134 cm³/mol. The minimum Gasteiger partial charge on any atom is -0.462 e. The van der Waals surface area contributed by atoms with Crippen LogP contribution in [0.25, 0.3) is 11.3 Å². The summed E-state index contributed by atoms with van der Waals surface area (Å²) in [6.45, 7) is 5.30. The van der Waals surface area contributed by atoms with Crippen LogP contribution in [-0.2, 0) is 19.6 Å². The van der Waals surface area contributed by atoms with Crippen LogP contribution in [-0.4, -0.2) is 45.9 Å². The van der Waals surface area contributed by atoms with Crippen molar-refractivity contribution in [2.45, 2.75) is 20.8 Å². The van der Waals surface area contributed by atoms with Crippen molar-refractivity contribution in [3.05, 3.63) is 77.0 Å². The second-order valence-corrected chi connectivity index (χ2v) is 9.69. The fourth-order valence-corrected chi connectivity index (χ4v) is 4.19. The zero-order chi connectivity index (χ0) is 25.6. The predicted octanol–water partition coefficient (Wildman–Crippen LogP) is 3.66. The molecule has 0 atom stereocenters. The number of furan rings is 1. The van der Waals surface area contributed by atoms with Gasteiger partial charge in [0.05, 0.1) is 30.3 Å². The highest BCUT2D eigenvalue weighted by molar-refractivity contribution is 7.92. The third kappa shape index (κ3) is 6.57. The molecule has 35 heavy (non-hydrogen) atoms. The molecule has 3 aromatic rings. The van der Waals surface area contributed by atoms with Gasteiger partial charge < -0.3 is 9.15 Å². The molecular weight excluding hydrogens is 470 g/mol. The fourth-order valence-electron chi connectivity index (χ4n) is 3.28. The summed E-state index contributed by atoms with van der Waals surface area (Å²) in [7, 11) is -3.70. The van der Waals surface area contributed by atoms with Crippen molar-refractivity contribution in [1.82, 2.24) is 5.43 Å². The molecular formula is C25H27N3O6S. The van der Waals surface area contributed by atoms with Gasteiger partial charge in [0, 0.05) is 5.56 Å². The van der Waals surface area contributed by atoms with Crippen LogP contribution < -0.4 is 9.73 Å². The van der Waals surface area contributed by atoms with E-state index in [4.69, 9.17) is 9.15 Å². The third-order valence-corrected chi connectivity index (χ3v) is 6.35. The molecule has 184 valence electrons. The Balaban J connectivity index is 1.65. The minimum absolute atomic E-state index is 0.301. The number of esters is 1. The summed E-state index contributed by atoms with van der Waals surface area (Å²) >= 11 is 0. The first-order valence-corrected chi connectivity index (χ1v) is 12.7. The van der Waals surface area contributed by atoms with E-state index in [-0.39, 0.29) is 0 Å². The van der Waals surface area contributed by atoms with Crippen molar-refractivity contribution in [1.29, 1.82) is 0 Å². The molecule has 9 nitrogen and oxygen atoms in total. The number of nitrogens with one attached hydrogen (secondary N) is 1.